The van der Waals surface area contributed by atoms with Crippen LogP contribution in [-0.4, -0.2) is 29.4 Å². The summed E-state index contributed by atoms with van der Waals surface area (Å²) in [6, 6.07) is -0.0271. The summed E-state index contributed by atoms with van der Waals surface area (Å²) in [4.78, 5) is 11.5. The number of ether oxygens (including phenoxy) is 1. The molecule has 4 heteroatoms. The van der Waals surface area contributed by atoms with Crippen molar-refractivity contribution in [2.24, 2.45) is 5.92 Å². The SMILES string of the molecule is CC(C)(C)OC(=O)N[C@H]1C=CC[C@@H](CO)C1. The Hall–Kier alpha value is -1.03. The summed E-state index contributed by atoms with van der Waals surface area (Å²) >= 11 is 0. The summed E-state index contributed by atoms with van der Waals surface area (Å²) in [5.74, 6) is 0.241. The normalized spacial score (nSPS) is 25.2. The van der Waals surface area contributed by atoms with Crippen LogP contribution in [0.5, 0.6) is 0 Å². The van der Waals surface area contributed by atoms with Gasteiger partial charge in [-0.2, -0.15) is 0 Å². The second kappa shape index (κ2) is 5.34. The molecule has 1 amide bonds. The van der Waals surface area contributed by atoms with E-state index in [9.17, 15) is 4.79 Å². The fraction of sp³-hybridized carbons (Fsp3) is 0.750. The Morgan fingerprint density at radius 2 is 2.25 bits per heavy atom. The highest BCUT2D eigenvalue weighted by Crippen LogP contribution is 2.18. The van der Waals surface area contributed by atoms with Crippen LogP contribution in [0.4, 0.5) is 4.79 Å². The minimum atomic E-state index is -0.473. The summed E-state index contributed by atoms with van der Waals surface area (Å²) in [6.07, 6.45) is 5.19. The molecule has 0 saturated heterocycles. The lowest BCUT2D eigenvalue weighted by molar-refractivity contribution is 0.0503. The maximum absolute atomic E-state index is 11.5. The van der Waals surface area contributed by atoms with Crippen molar-refractivity contribution in [3.63, 3.8) is 0 Å². The number of carbonyl (C=O) groups is 1. The first-order valence-corrected chi connectivity index (χ1v) is 5.68. The Labute approximate surface area is 96.7 Å². The number of hydrogen-bond donors (Lipinski definition) is 2. The molecule has 0 aliphatic heterocycles. The van der Waals surface area contributed by atoms with Crippen molar-refractivity contribution in [1.29, 1.82) is 0 Å². The molecule has 0 fully saturated rings. The zero-order valence-corrected chi connectivity index (χ0v) is 10.2. The fourth-order valence-electron chi connectivity index (χ4n) is 1.68. The predicted molar refractivity (Wildman–Crippen MR) is 62.1 cm³/mol. The van der Waals surface area contributed by atoms with Crippen LogP contribution in [-0.2, 0) is 4.74 Å². The molecule has 2 N–H and O–H groups in total. The third-order valence-corrected chi connectivity index (χ3v) is 2.39. The average molecular weight is 227 g/mol. The van der Waals surface area contributed by atoms with Crippen LogP contribution in [0.2, 0.25) is 0 Å². The van der Waals surface area contributed by atoms with E-state index in [1.807, 2.05) is 32.9 Å². The van der Waals surface area contributed by atoms with Crippen LogP contribution in [0.3, 0.4) is 0 Å². The van der Waals surface area contributed by atoms with Crippen molar-refractivity contribution < 1.29 is 14.6 Å². The summed E-state index contributed by atoms with van der Waals surface area (Å²) in [5, 5.41) is 11.8. The molecule has 1 aliphatic rings. The van der Waals surface area contributed by atoms with E-state index >= 15 is 0 Å². The molecule has 2 atom stereocenters. The van der Waals surface area contributed by atoms with Gasteiger partial charge >= 0.3 is 6.09 Å². The molecular weight excluding hydrogens is 206 g/mol. The van der Waals surface area contributed by atoms with E-state index in [-0.39, 0.29) is 18.6 Å². The lowest BCUT2D eigenvalue weighted by atomic mass is 9.92. The van der Waals surface area contributed by atoms with Crippen molar-refractivity contribution in [2.45, 2.75) is 45.3 Å². The van der Waals surface area contributed by atoms with Crippen molar-refractivity contribution in [1.82, 2.24) is 5.32 Å². The minimum Gasteiger partial charge on any atom is -0.444 e. The van der Waals surface area contributed by atoms with Crippen LogP contribution < -0.4 is 5.32 Å². The number of aliphatic hydroxyl groups is 1. The number of amides is 1. The van der Waals surface area contributed by atoms with Crippen LogP contribution in [0.15, 0.2) is 12.2 Å². The number of nitrogens with one attached hydrogen (secondary N) is 1. The van der Waals surface area contributed by atoms with Crippen LogP contribution in [0.25, 0.3) is 0 Å². The molecule has 0 heterocycles. The van der Waals surface area contributed by atoms with Gasteiger partial charge < -0.3 is 15.2 Å². The monoisotopic (exact) mass is 227 g/mol. The Kier molecular flexibility index (Phi) is 4.35. The predicted octanol–water partition coefficient (Wildman–Crippen LogP) is 1.84. The summed E-state index contributed by atoms with van der Waals surface area (Å²) in [7, 11) is 0. The molecule has 92 valence electrons. The fourth-order valence-corrected chi connectivity index (χ4v) is 1.68. The lowest BCUT2D eigenvalue weighted by Gasteiger charge is -2.26. The van der Waals surface area contributed by atoms with Gasteiger partial charge in [0.2, 0.25) is 0 Å². The van der Waals surface area contributed by atoms with Gasteiger partial charge in [-0.15, -0.1) is 0 Å². The highest BCUT2D eigenvalue weighted by molar-refractivity contribution is 5.68. The second-order valence-electron chi connectivity index (χ2n) is 5.20. The number of allylic oxidation sites excluding steroid dienone is 1. The quantitative estimate of drug-likeness (QED) is 0.708. The maximum atomic E-state index is 11.5. The topological polar surface area (TPSA) is 58.6 Å². The summed E-state index contributed by atoms with van der Waals surface area (Å²) in [6.45, 7) is 5.66. The van der Waals surface area contributed by atoms with Crippen LogP contribution in [0, 0.1) is 5.92 Å². The van der Waals surface area contributed by atoms with Crippen molar-refractivity contribution in [3.8, 4) is 0 Å². The van der Waals surface area contributed by atoms with Crippen molar-refractivity contribution in [2.75, 3.05) is 6.61 Å². The van der Waals surface area contributed by atoms with E-state index in [1.165, 1.54) is 0 Å². The largest absolute Gasteiger partial charge is 0.444 e. The zero-order valence-electron chi connectivity index (χ0n) is 10.2. The third-order valence-electron chi connectivity index (χ3n) is 2.39. The molecule has 0 radical (unpaired) electrons. The minimum absolute atomic E-state index is 0.0271. The molecule has 16 heavy (non-hydrogen) atoms. The first-order valence-electron chi connectivity index (χ1n) is 5.68. The molecular formula is C12H21NO3. The van der Waals surface area contributed by atoms with Gasteiger partial charge in [0.15, 0.2) is 0 Å². The first-order chi connectivity index (χ1) is 7.40. The molecule has 0 spiro atoms. The average Bonchev–Trinajstić information content (AvgIpc) is 2.15. The summed E-state index contributed by atoms with van der Waals surface area (Å²) in [5.41, 5.74) is -0.473. The Bertz CT molecular complexity index is 268. The van der Waals surface area contributed by atoms with E-state index in [0.29, 0.717) is 0 Å². The van der Waals surface area contributed by atoms with Gasteiger partial charge in [0, 0.05) is 6.61 Å². The number of alkyl carbamates (subject to hydrolysis) is 1. The highest BCUT2D eigenvalue weighted by atomic mass is 16.6. The highest BCUT2D eigenvalue weighted by Gasteiger charge is 2.22. The third kappa shape index (κ3) is 4.66. The number of hydrogen-bond acceptors (Lipinski definition) is 3. The molecule has 0 bridgehead atoms. The Balaban J connectivity index is 2.40. The Morgan fingerprint density at radius 3 is 2.81 bits per heavy atom. The van der Waals surface area contributed by atoms with Gasteiger partial charge in [0.25, 0.3) is 0 Å². The van der Waals surface area contributed by atoms with Crippen LogP contribution >= 0.6 is 0 Å². The van der Waals surface area contributed by atoms with E-state index < -0.39 is 11.7 Å². The van der Waals surface area contributed by atoms with Gasteiger partial charge in [-0.1, -0.05) is 12.2 Å². The number of rotatable bonds is 2. The molecule has 1 aliphatic carbocycles. The van der Waals surface area contributed by atoms with E-state index in [1.54, 1.807) is 0 Å². The molecule has 0 saturated carbocycles. The summed E-state index contributed by atoms with van der Waals surface area (Å²) < 4.78 is 5.16. The van der Waals surface area contributed by atoms with Gasteiger partial charge in [0.05, 0.1) is 6.04 Å². The smallest absolute Gasteiger partial charge is 0.408 e. The zero-order chi connectivity index (χ0) is 12.2. The van der Waals surface area contributed by atoms with E-state index in [2.05, 4.69) is 5.32 Å². The standard InChI is InChI=1S/C12H21NO3/c1-12(2,3)16-11(15)13-10-6-4-5-9(7-10)8-14/h4,6,9-10,14H,5,7-8H2,1-3H3,(H,13,15)/t9-,10+/m1/s1. The Morgan fingerprint density at radius 1 is 1.56 bits per heavy atom. The van der Waals surface area contributed by atoms with E-state index in [4.69, 9.17) is 9.84 Å². The maximum Gasteiger partial charge on any atom is 0.408 e. The lowest BCUT2D eigenvalue weighted by Crippen LogP contribution is -2.40. The van der Waals surface area contributed by atoms with Gasteiger partial charge in [0.1, 0.15) is 5.60 Å². The van der Waals surface area contributed by atoms with Gasteiger partial charge in [-0.25, -0.2) is 4.79 Å². The molecule has 1 rings (SSSR count). The second-order valence-corrected chi connectivity index (χ2v) is 5.20. The number of aliphatic hydroxyl groups excluding tert-OH is 1. The molecule has 0 unspecified atom stereocenters. The molecule has 4 nitrogen and oxygen atoms in total. The van der Waals surface area contributed by atoms with Crippen molar-refractivity contribution in [3.05, 3.63) is 12.2 Å². The van der Waals surface area contributed by atoms with E-state index in [0.717, 1.165) is 12.8 Å². The molecule has 0 aromatic carbocycles. The first kappa shape index (κ1) is 13.0. The van der Waals surface area contributed by atoms with Crippen molar-refractivity contribution >= 4 is 6.09 Å². The van der Waals surface area contributed by atoms with Gasteiger partial charge in [-0.05, 0) is 39.5 Å². The molecule has 0 aromatic heterocycles. The van der Waals surface area contributed by atoms with Crippen LogP contribution in [0.1, 0.15) is 33.6 Å². The number of carbonyl (C=O) groups excluding carboxylic acids is 1. The molecule has 0 aromatic rings. The van der Waals surface area contributed by atoms with Gasteiger partial charge in [-0.3, -0.25) is 0 Å².